The van der Waals surface area contributed by atoms with Crippen molar-refractivity contribution in [1.29, 1.82) is 0 Å². The van der Waals surface area contributed by atoms with E-state index in [1.165, 1.54) is 24.3 Å². The van der Waals surface area contributed by atoms with E-state index in [1.807, 2.05) is 6.92 Å². The van der Waals surface area contributed by atoms with E-state index in [-0.39, 0.29) is 30.7 Å². The summed E-state index contributed by atoms with van der Waals surface area (Å²) in [5, 5.41) is 11.6. The summed E-state index contributed by atoms with van der Waals surface area (Å²) in [5.74, 6) is -1.72. The highest BCUT2D eigenvalue weighted by Gasteiger charge is 2.20. The molecule has 0 heterocycles. The maximum absolute atomic E-state index is 12.8. The molecule has 2 atom stereocenters. The molecule has 122 valence electrons. The van der Waals surface area contributed by atoms with Gasteiger partial charge in [-0.1, -0.05) is 0 Å². The Morgan fingerprint density at radius 3 is 2.50 bits per heavy atom. The van der Waals surface area contributed by atoms with Crippen LogP contribution in [-0.2, 0) is 14.3 Å². The topological polar surface area (TPSA) is 84.9 Å². The van der Waals surface area contributed by atoms with E-state index < -0.39 is 17.9 Å². The smallest absolute Gasteiger partial charge is 0.346 e. The standard InChI is InChI=1S/C15H20FNO5/c1-10(21-2)3-8-14(18)17-9-13(15(19)20)22-12-6-4-11(16)5-7-12/h4-7,10,13H,3,8-9H2,1-2H3,(H,17,18)(H,19,20). The Morgan fingerprint density at radius 2 is 1.95 bits per heavy atom. The number of carbonyl (C=O) groups excluding carboxylic acids is 1. The molecule has 2 unspecified atom stereocenters. The van der Waals surface area contributed by atoms with E-state index in [9.17, 15) is 14.0 Å². The predicted molar refractivity (Wildman–Crippen MR) is 77.2 cm³/mol. The van der Waals surface area contributed by atoms with Crippen LogP contribution in [0, 0.1) is 5.82 Å². The van der Waals surface area contributed by atoms with Crippen molar-refractivity contribution in [2.45, 2.75) is 32.0 Å². The molecule has 1 aromatic carbocycles. The van der Waals surface area contributed by atoms with E-state index >= 15 is 0 Å². The molecule has 7 heteroatoms. The van der Waals surface area contributed by atoms with Crippen LogP contribution in [0.4, 0.5) is 4.39 Å². The van der Waals surface area contributed by atoms with E-state index in [2.05, 4.69) is 5.32 Å². The molecule has 1 rings (SSSR count). The number of carbonyl (C=O) groups is 2. The number of carboxylic acids is 1. The first-order valence-corrected chi connectivity index (χ1v) is 6.87. The van der Waals surface area contributed by atoms with Crippen molar-refractivity contribution in [2.75, 3.05) is 13.7 Å². The van der Waals surface area contributed by atoms with Crippen LogP contribution in [0.2, 0.25) is 0 Å². The lowest BCUT2D eigenvalue weighted by Gasteiger charge is -2.16. The average Bonchev–Trinajstić information content (AvgIpc) is 2.50. The van der Waals surface area contributed by atoms with Crippen LogP contribution >= 0.6 is 0 Å². The van der Waals surface area contributed by atoms with Crippen molar-refractivity contribution in [3.05, 3.63) is 30.1 Å². The van der Waals surface area contributed by atoms with Gasteiger partial charge in [0, 0.05) is 13.5 Å². The highest BCUT2D eigenvalue weighted by atomic mass is 19.1. The molecule has 6 nitrogen and oxygen atoms in total. The molecule has 0 fully saturated rings. The first kappa shape index (κ1) is 17.9. The van der Waals surface area contributed by atoms with Gasteiger partial charge in [-0.3, -0.25) is 4.79 Å². The molecule has 0 saturated carbocycles. The molecule has 22 heavy (non-hydrogen) atoms. The second-order valence-corrected chi connectivity index (χ2v) is 4.79. The maximum Gasteiger partial charge on any atom is 0.346 e. The zero-order chi connectivity index (χ0) is 16.5. The number of carboxylic acid groups (broad SMARTS) is 1. The number of hydrogen-bond acceptors (Lipinski definition) is 4. The number of amides is 1. The Kier molecular flexibility index (Phi) is 7.31. The van der Waals surface area contributed by atoms with E-state index in [1.54, 1.807) is 7.11 Å². The molecule has 0 aliphatic heterocycles. The molecule has 0 bridgehead atoms. The Balaban J connectivity index is 2.46. The summed E-state index contributed by atoms with van der Waals surface area (Å²) >= 11 is 0. The minimum absolute atomic E-state index is 0.0449. The van der Waals surface area contributed by atoms with Gasteiger partial charge in [0.25, 0.3) is 0 Å². The van der Waals surface area contributed by atoms with Crippen LogP contribution in [0.25, 0.3) is 0 Å². The molecule has 2 N–H and O–H groups in total. The summed E-state index contributed by atoms with van der Waals surface area (Å²) in [6.45, 7) is 1.66. The quantitative estimate of drug-likeness (QED) is 0.723. The lowest BCUT2D eigenvalue weighted by Crippen LogP contribution is -2.40. The first-order chi connectivity index (χ1) is 10.4. The number of benzene rings is 1. The monoisotopic (exact) mass is 313 g/mol. The highest BCUT2D eigenvalue weighted by Crippen LogP contribution is 2.13. The van der Waals surface area contributed by atoms with Gasteiger partial charge in [0.15, 0.2) is 0 Å². The molecular formula is C15H20FNO5. The van der Waals surface area contributed by atoms with Gasteiger partial charge in [-0.25, -0.2) is 9.18 Å². The van der Waals surface area contributed by atoms with Crippen LogP contribution in [0.5, 0.6) is 5.75 Å². The van der Waals surface area contributed by atoms with Gasteiger partial charge in [-0.05, 0) is 37.6 Å². The van der Waals surface area contributed by atoms with Crippen molar-refractivity contribution in [3.8, 4) is 5.75 Å². The lowest BCUT2D eigenvalue weighted by atomic mass is 10.2. The van der Waals surface area contributed by atoms with Crippen molar-refractivity contribution in [1.82, 2.24) is 5.32 Å². The molecule has 0 radical (unpaired) electrons. The summed E-state index contributed by atoms with van der Waals surface area (Å²) in [4.78, 5) is 22.7. The zero-order valence-corrected chi connectivity index (χ0v) is 12.5. The second-order valence-electron chi connectivity index (χ2n) is 4.79. The first-order valence-electron chi connectivity index (χ1n) is 6.87. The third kappa shape index (κ3) is 6.53. The predicted octanol–water partition coefficient (Wildman–Crippen LogP) is 1.59. The van der Waals surface area contributed by atoms with Crippen LogP contribution in [0.15, 0.2) is 24.3 Å². The summed E-state index contributed by atoms with van der Waals surface area (Å²) in [5.41, 5.74) is 0. The number of rotatable bonds is 9. The SMILES string of the molecule is COC(C)CCC(=O)NCC(Oc1ccc(F)cc1)C(=O)O. The van der Waals surface area contributed by atoms with Gasteiger partial charge < -0.3 is 19.9 Å². The van der Waals surface area contributed by atoms with E-state index in [0.717, 1.165) is 0 Å². The fourth-order valence-electron chi connectivity index (χ4n) is 1.60. The molecule has 0 aliphatic carbocycles. The number of aliphatic carboxylic acids is 1. The van der Waals surface area contributed by atoms with E-state index in [4.69, 9.17) is 14.6 Å². The summed E-state index contributed by atoms with van der Waals surface area (Å²) in [6.07, 6.45) is -0.512. The van der Waals surface area contributed by atoms with E-state index in [0.29, 0.717) is 6.42 Å². The molecular weight excluding hydrogens is 293 g/mol. The molecule has 0 saturated heterocycles. The highest BCUT2D eigenvalue weighted by molar-refractivity contribution is 5.78. The van der Waals surface area contributed by atoms with Crippen molar-refractivity contribution in [3.63, 3.8) is 0 Å². The van der Waals surface area contributed by atoms with Gasteiger partial charge in [0.05, 0.1) is 12.6 Å². The number of hydrogen-bond donors (Lipinski definition) is 2. The summed E-state index contributed by atoms with van der Waals surface area (Å²) < 4.78 is 23.0. The number of methoxy groups -OCH3 is 1. The average molecular weight is 313 g/mol. The summed E-state index contributed by atoms with van der Waals surface area (Å²) in [7, 11) is 1.56. The fraction of sp³-hybridized carbons (Fsp3) is 0.467. The molecule has 0 aromatic heterocycles. The van der Waals surface area contributed by atoms with Gasteiger partial charge in [0.1, 0.15) is 11.6 Å². The third-order valence-electron chi connectivity index (χ3n) is 3.03. The number of ether oxygens (including phenoxy) is 2. The van der Waals surface area contributed by atoms with Gasteiger partial charge >= 0.3 is 5.97 Å². The Hall–Kier alpha value is -2.15. The van der Waals surface area contributed by atoms with Gasteiger partial charge in [0.2, 0.25) is 12.0 Å². The molecule has 0 aliphatic rings. The largest absolute Gasteiger partial charge is 0.478 e. The molecule has 1 aromatic rings. The number of halogens is 1. The fourth-order valence-corrected chi connectivity index (χ4v) is 1.60. The zero-order valence-electron chi connectivity index (χ0n) is 12.5. The molecule has 0 spiro atoms. The van der Waals surface area contributed by atoms with Crippen molar-refractivity contribution >= 4 is 11.9 Å². The van der Waals surface area contributed by atoms with Crippen LogP contribution in [-0.4, -0.2) is 42.8 Å². The minimum atomic E-state index is -1.24. The van der Waals surface area contributed by atoms with Gasteiger partial charge in [-0.2, -0.15) is 0 Å². The Morgan fingerprint density at radius 1 is 1.32 bits per heavy atom. The second kappa shape index (κ2) is 8.99. The minimum Gasteiger partial charge on any atom is -0.478 e. The van der Waals surface area contributed by atoms with Gasteiger partial charge in [-0.15, -0.1) is 0 Å². The Bertz CT molecular complexity index is 491. The van der Waals surface area contributed by atoms with Crippen molar-refractivity contribution in [2.24, 2.45) is 0 Å². The van der Waals surface area contributed by atoms with Crippen LogP contribution in [0.1, 0.15) is 19.8 Å². The number of nitrogens with one attached hydrogen (secondary N) is 1. The summed E-state index contributed by atoms with van der Waals surface area (Å²) in [6, 6.07) is 4.98. The normalized spacial score (nSPS) is 13.2. The third-order valence-corrected chi connectivity index (χ3v) is 3.03. The lowest BCUT2D eigenvalue weighted by molar-refractivity contribution is -0.145. The van der Waals surface area contributed by atoms with Crippen molar-refractivity contribution < 1.29 is 28.6 Å². The van der Waals surface area contributed by atoms with Crippen LogP contribution < -0.4 is 10.1 Å². The molecule has 1 amide bonds. The Labute approximate surface area is 128 Å². The van der Waals surface area contributed by atoms with Crippen LogP contribution in [0.3, 0.4) is 0 Å². The maximum atomic E-state index is 12.8.